The van der Waals surface area contributed by atoms with Crippen molar-refractivity contribution in [3.05, 3.63) is 0 Å². The molecule has 0 heterocycles. The molecule has 0 fully saturated rings. The Bertz CT molecular complexity index is 113. The van der Waals surface area contributed by atoms with Gasteiger partial charge in [0.15, 0.2) is 0 Å². The van der Waals surface area contributed by atoms with Crippen molar-refractivity contribution in [2.45, 2.75) is 39.8 Å². The van der Waals surface area contributed by atoms with Crippen LogP contribution in [0.2, 0.25) is 0 Å². The van der Waals surface area contributed by atoms with Gasteiger partial charge in [-0.3, -0.25) is 0 Å². The van der Waals surface area contributed by atoms with Gasteiger partial charge < -0.3 is 0 Å². The third kappa shape index (κ3) is 3.45. The molecule has 0 aromatic heterocycles. The Morgan fingerprint density at radius 2 is 1.18 bits per heavy atom. The van der Waals surface area contributed by atoms with Crippen molar-refractivity contribution in [1.82, 2.24) is 4.67 Å². The average molecular weight is 182 g/mol. The van der Waals surface area contributed by atoms with Gasteiger partial charge in [-0.05, 0) is 27.7 Å². The largest absolute Gasteiger partial charge is 0.497 e. The molecule has 3 N–H and O–H groups in total. The summed E-state index contributed by atoms with van der Waals surface area (Å²) in [5, 5.41) is 0. The van der Waals surface area contributed by atoms with E-state index in [9.17, 15) is 0 Å². The highest BCUT2D eigenvalue weighted by Gasteiger charge is 2.44. The lowest BCUT2D eigenvalue weighted by Crippen LogP contribution is -2.36. The molecule has 4 nitrogen and oxygen atoms in total. The smallest absolute Gasteiger partial charge is 0.178 e. The Hall–Kier alpha value is 0.270. The first kappa shape index (κ1) is 11.3. The van der Waals surface area contributed by atoms with Crippen molar-refractivity contribution in [3.63, 3.8) is 0 Å². The molecule has 0 aromatic carbocycles. The third-order valence-corrected chi connectivity index (χ3v) is 2.91. The van der Waals surface area contributed by atoms with Gasteiger partial charge in [0, 0.05) is 12.1 Å². The summed E-state index contributed by atoms with van der Waals surface area (Å²) in [6.07, 6.45) is 0. The maximum absolute atomic E-state index is 8.97. The normalized spacial score (nSPS) is 13.6. The highest BCUT2D eigenvalue weighted by Crippen LogP contribution is 2.51. The van der Waals surface area contributed by atoms with Crippen LogP contribution in [-0.2, 0) is 0 Å². The van der Waals surface area contributed by atoms with Crippen LogP contribution in [0.3, 0.4) is 0 Å². The van der Waals surface area contributed by atoms with Crippen molar-refractivity contribution in [2.24, 2.45) is 0 Å². The molecule has 0 saturated carbocycles. The van der Waals surface area contributed by atoms with Crippen LogP contribution in [0.1, 0.15) is 27.7 Å². The summed E-state index contributed by atoms with van der Waals surface area (Å²) < 4.78 is 1.30. The fourth-order valence-corrected chi connectivity index (χ4v) is 2.46. The molecule has 0 unspecified atom stereocenters. The van der Waals surface area contributed by atoms with Gasteiger partial charge in [0.2, 0.25) is 0 Å². The Morgan fingerprint density at radius 1 is 0.909 bits per heavy atom. The zero-order chi connectivity index (χ0) is 9.23. The highest BCUT2D eigenvalue weighted by molar-refractivity contribution is 7.56. The standard InChI is InChI=1S/C6H17NO3P/c1-5(2)7(6(3)4)11(8,9)10/h5-6,8-10H,1-4H3/q+1. The number of rotatable bonds is 3. The topological polar surface area (TPSA) is 63.9 Å². The summed E-state index contributed by atoms with van der Waals surface area (Å²) in [5.41, 5.74) is 0. The van der Waals surface area contributed by atoms with Crippen LogP contribution < -0.4 is 0 Å². The lowest BCUT2D eigenvalue weighted by Gasteiger charge is -2.27. The first-order valence-corrected chi connectivity index (χ1v) is 5.23. The van der Waals surface area contributed by atoms with E-state index >= 15 is 0 Å². The quantitative estimate of drug-likeness (QED) is 0.564. The molecule has 0 aromatic rings. The molecule has 11 heavy (non-hydrogen) atoms. The number of nitrogens with zero attached hydrogens (tertiary/aromatic N) is 1. The van der Waals surface area contributed by atoms with Gasteiger partial charge in [0.25, 0.3) is 0 Å². The van der Waals surface area contributed by atoms with Crippen molar-refractivity contribution < 1.29 is 14.7 Å². The van der Waals surface area contributed by atoms with Crippen molar-refractivity contribution >= 4 is 8.09 Å². The van der Waals surface area contributed by atoms with Gasteiger partial charge in [-0.15, -0.1) is 0 Å². The Kier molecular flexibility index (Phi) is 3.88. The van der Waals surface area contributed by atoms with Crippen LogP contribution in [0, 0.1) is 0 Å². The minimum atomic E-state index is -3.80. The van der Waals surface area contributed by atoms with Gasteiger partial charge in [0.1, 0.15) is 0 Å². The van der Waals surface area contributed by atoms with E-state index < -0.39 is 8.09 Å². The van der Waals surface area contributed by atoms with E-state index in [4.69, 9.17) is 14.7 Å². The molecule has 0 rings (SSSR count). The maximum Gasteiger partial charge on any atom is 0.497 e. The van der Waals surface area contributed by atoms with E-state index in [1.165, 1.54) is 4.67 Å². The Morgan fingerprint density at radius 3 is 1.18 bits per heavy atom. The molecule has 0 aliphatic rings. The van der Waals surface area contributed by atoms with Gasteiger partial charge in [-0.2, -0.15) is 14.7 Å². The predicted octanol–water partition coefficient (Wildman–Crippen LogP) is 0.760. The summed E-state index contributed by atoms with van der Waals surface area (Å²) in [7, 11) is -3.80. The summed E-state index contributed by atoms with van der Waals surface area (Å²) in [6, 6.07) is -0.133. The molecule has 0 aliphatic carbocycles. The van der Waals surface area contributed by atoms with Crippen LogP contribution in [0.25, 0.3) is 0 Å². The molecular weight excluding hydrogens is 165 g/mol. The first-order valence-electron chi connectivity index (χ1n) is 3.63. The molecule has 0 aliphatic heterocycles. The second-order valence-electron chi connectivity index (χ2n) is 3.10. The van der Waals surface area contributed by atoms with E-state index in [0.717, 1.165) is 0 Å². The van der Waals surface area contributed by atoms with Gasteiger partial charge >= 0.3 is 8.09 Å². The molecule has 0 amide bonds. The van der Waals surface area contributed by atoms with E-state index in [2.05, 4.69) is 0 Å². The minimum absolute atomic E-state index is 0.0664. The summed E-state index contributed by atoms with van der Waals surface area (Å²) >= 11 is 0. The van der Waals surface area contributed by atoms with Gasteiger partial charge in [-0.1, -0.05) is 4.67 Å². The predicted molar refractivity (Wildman–Crippen MR) is 45.7 cm³/mol. The zero-order valence-corrected chi connectivity index (χ0v) is 8.29. The van der Waals surface area contributed by atoms with Crippen LogP contribution in [0.5, 0.6) is 0 Å². The van der Waals surface area contributed by atoms with E-state index in [0.29, 0.717) is 0 Å². The monoisotopic (exact) mass is 182 g/mol. The van der Waals surface area contributed by atoms with Crippen LogP contribution in [0.4, 0.5) is 0 Å². The van der Waals surface area contributed by atoms with Crippen molar-refractivity contribution in [2.75, 3.05) is 0 Å². The summed E-state index contributed by atoms with van der Waals surface area (Å²) in [4.78, 5) is 26.9. The molecule has 0 bridgehead atoms. The van der Waals surface area contributed by atoms with Gasteiger partial charge in [0.05, 0.1) is 0 Å². The number of hydrogen-bond acceptors (Lipinski definition) is 4. The van der Waals surface area contributed by atoms with E-state index in [-0.39, 0.29) is 12.1 Å². The van der Waals surface area contributed by atoms with Crippen LogP contribution in [0.15, 0.2) is 0 Å². The first-order chi connectivity index (χ1) is 4.76. The van der Waals surface area contributed by atoms with E-state index in [1.54, 1.807) is 27.7 Å². The SMILES string of the molecule is CC(C)N(C(C)C)[P+](O)(O)O. The van der Waals surface area contributed by atoms with Gasteiger partial charge in [-0.25, -0.2) is 0 Å². The lowest BCUT2D eigenvalue weighted by atomic mass is 10.3. The molecule has 0 radical (unpaired) electrons. The van der Waals surface area contributed by atoms with Crippen molar-refractivity contribution in [1.29, 1.82) is 0 Å². The molecule has 0 saturated heterocycles. The van der Waals surface area contributed by atoms with Crippen molar-refractivity contribution in [3.8, 4) is 0 Å². The Labute approximate surface area is 68.1 Å². The number of hydrogen-bond donors (Lipinski definition) is 3. The molecule has 68 valence electrons. The third-order valence-electron chi connectivity index (χ3n) is 1.37. The summed E-state index contributed by atoms with van der Waals surface area (Å²) in [5.74, 6) is 0. The fraction of sp³-hybridized carbons (Fsp3) is 1.00. The molecule has 5 heteroatoms. The summed E-state index contributed by atoms with van der Waals surface area (Å²) in [6.45, 7) is 7.21. The molecule has 0 spiro atoms. The molecular formula is C6H17NO3P+. The molecule has 0 atom stereocenters. The fourth-order valence-electron chi connectivity index (χ4n) is 1.22. The van der Waals surface area contributed by atoms with E-state index in [1.807, 2.05) is 0 Å². The average Bonchev–Trinajstić information content (AvgIpc) is 1.54. The maximum atomic E-state index is 8.97. The second kappa shape index (κ2) is 3.78. The second-order valence-corrected chi connectivity index (χ2v) is 4.64. The highest BCUT2D eigenvalue weighted by atomic mass is 31.2. The zero-order valence-electron chi connectivity index (χ0n) is 7.39. The minimum Gasteiger partial charge on any atom is -0.178 e. The lowest BCUT2D eigenvalue weighted by molar-refractivity contribution is 0.181. The Balaban J connectivity index is 4.35. The van der Waals surface area contributed by atoms with Crippen LogP contribution in [-0.4, -0.2) is 31.4 Å². The van der Waals surface area contributed by atoms with Crippen LogP contribution >= 0.6 is 8.09 Å².